The van der Waals surface area contributed by atoms with E-state index >= 15 is 0 Å². The average molecular weight is 352 g/mol. The molecule has 0 bridgehead atoms. The fourth-order valence-corrected chi connectivity index (χ4v) is 3.42. The molecular weight excluding hydrogens is 338 g/mol. The smallest absolute Gasteiger partial charge is 0.255 e. The van der Waals surface area contributed by atoms with Crippen molar-refractivity contribution in [3.05, 3.63) is 59.7 Å². The molecular formula is C16H14F2N2O3S. The van der Waals surface area contributed by atoms with Crippen molar-refractivity contribution in [2.45, 2.75) is 23.8 Å². The summed E-state index contributed by atoms with van der Waals surface area (Å²) in [6, 6.07) is 8.42. The summed E-state index contributed by atoms with van der Waals surface area (Å²) in [4.78, 5) is 12.2. The average Bonchev–Trinajstić information content (AvgIpc) is 3.34. The molecule has 1 fully saturated rings. The minimum absolute atomic E-state index is 0.0210. The van der Waals surface area contributed by atoms with E-state index in [0.29, 0.717) is 0 Å². The zero-order chi connectivity index (χ0) is 17.3. The molecule has 0 saturated heterocycles. The first-order valence-corrected chi connectivity index (χ1v) is 8.72. The molecule has 0 aliphatic heterocycles. The largest absolute Gasteiger partial charge is 0.322 e. The molecule has 2 aromatic carbocycles. The van der Waals surface area contributed by atoms with E-state index in [-0.39, 0.29) is 22.2 Å². The van der Waals surface area contributed by atoms with Crippen LogP contribution in [0.5, 0.6) is 0 Å². The van der Waals surface area contributed by atoms with Gasteiger partial charge in [-0.25, -0.2) is 21.9 Å². The number of carbonyl (C=O) groups is 1. The number of amides is 1. The van der Waals surface area contributed by atoms with E-state index in [0.717, 1.165) is 25.0 Å². The summed E-state index contributed by atoms with van der Waals surface area (Å²) in [6.07, 6.45) is 1.60. The minimum Gasteiger partial charge on any atom is -0.322 e. The van der Waals surface area contributed by atoms with Gasteiger partial charge in [0.15, 0.2) is 11.6 Å². The Hall–Kier alpha value is -2.32. The molecule has 1 aliphatic carbocycles. The predicted molar refractivity (Wildman–Crippen MR) is 84.1 cm³/mol. The van der Waals surface area contributed by atoms with E-state index in [9.17, 15) is 22.0 Å². The SMILES string of the molecule is O=C(Nc1ccc(F)c(F)c1)c1cccc(S(=O)(=O)NC2CC2)c1. The lowest BCUT2D eigenvalue weighted by atomic mass is 10.2. The lowest BCUT2D eigenvalue weighted by molar-refractivity contribution is 0.102. The van der Waals surface area contributed by atoms with Gasteiger partial charge in [-0.1, -0.05) is 6.07 Å². The van der Waals surface area contributed by atoms with E-state index in [4.69, 9.17) is 0 Å². The van der Waals surface area contributed by atoms with Gasteiger partial charge in [0.1, 0.15) is 0 Å². The second-order valence-electron chi connectivity index (χ2n) is 5.51. The van der Waals surface area contributed by atoms with Gasteiger partial charge in [-0.3, -0.25) is 4.79 Å². The molecule has 0 heterocycles. The van der Waals surface area contributed by atoms with Crippen LogP contribution in [-0.4, -0.2) is 20.4 Å². The molecule has 3 rings (SSSR count). The summed E-state index contributed by atoms with van der Waals surface area (Å²) < 4.78 is 52.9. The molecule has 2 N–H and O–H groups in total. The Balaban J connectivity index is 1.80. The van der Waals surface area contributed by atoms with Crippen LogP contribution in [0, 0.1) is 11.6 Å². The molecule has 2 aromatic rings. The summed E-state index contributed by atoms with van der Waals surface area (Å²) in [6.45, 7) is 0. The predicted octanol–water partition coefficient (Wildman–Crippen LogP) is 2.66. The Morgan fingerprint density at radius 1 is 1.04 bits per heavy atom. The van der Waals surface area contributed by atoms with Gasteiger partial charge in [-0.2, -0.15) is 0 Å². The maximum atomic E-state index is 13.2. The Morgan fingerprint density at radius 3 is 2.46 bits per heavy atom. The zero-order valence-corrected chi connectivity index (χ0v) is 13.2. The van der Waals surface area contributed by atoms with Gasteiger partial charge in [-0.05, 0) is 43.2 Å². The normalized spacial score (nSPS) is 14.4. The first-order chi connectivity index (χ1) is 11.3. The monoisotopic (exact) mass is 352 g/mol. The second kappa shape index (κ2) is 6.29. The lowest BCUT2D eigenvalue weighted by Crippen LogP contribution is -2.26. The van der Waals surface area contributed by atoms with Crippen molar-refractivity contribution < 1.29 is 22.0 Å². The van der Waals surface area contributed by atoms with Gasteiger partial charge < -0.3 is 5.32 Å². The van der Waals surface area contributed by atoms with Crippen LogP contribution in [0.25, 0.3) is 0 Å². The molecule has 24 heavy (non-hydrogen) atoms. The number of rotatable bonds is 5. The van der Waals surface area contributed by atoms with Gasteiger partial charge >= 0.3 is 0 Å². The molecule has 0 aromatic heterocycles. The van der Waals surface area contributed by atoms with E-state index < -0.39 is 27.6 Å². The summed E-state index contributed by atoms with van der Waals surface area (Å²) in [7, 11) is -3.68. The first-order valence-electron chi connectivity index (χ1n) is 7.24. The molecule has 126 valence electrons. The fraction of sp³-hybridized carbons (Fsp3) is 0.188. The van der Waals surface area contributed by atoms with Crippen molar-refractivity contribution in [2.75, 3.05) is 5.32 Å². The van der Waals surface area contributed by atoms with Crippen molar-refractivity contribution in [3.8, 4) is 0 Å². The van der Waals surface area contributed by atoms with Crippen LogP contribution in [0.1, 0.15) is 23.2 Å². The number of carbonyl (C=O) groups excluding carboxylic acids is 1. The Morgan fingerprint density at radius 2 is 1.79 bits per heavy atom. The maximum absolute atomic E-state index is 13.2. The zero-order valence-electron chi connectivity index (χ0n) is 12.4. The summed E-state index contributed by atoms with van der Waals surface area (Å²) in [5.41, 5.74) is 0.168. The van der Waals surface area contributed by atoms with Crippen LogP contribution >= 0.6 is 0 Å². The van der Waals surface area contributed by atoms with Crippen molar-refractivity contribution in [1.82, 2.24) is 4.72 Å². The molecule has 1 aliphatic rings. The summed E-state index contributed by atoms with van der Waals surface area (Å²) >= 11 is 0. The highest BCUT2D eigenvalue weighted by atomic mass is 32.2. The quantitative estimate of drug-likeness (QED) is 0.869. The summed E-state index contributed by atoms with van der Waals surface area (Å²) in [5.74, 6) is -2.73. The van der Waals surface area contributed by atoms with Crippen LogP contribution in [0.3, 0.4) is 0 Å². The molecule has 0 spiro atoms. The fourth-order valence-electron chi connectivity index (χ4n) is 2.07. The Labute approximate surface area is 137 Å². The van der Waals surface area contributed by atoms with Gasteiger partial charge in [-0.15, -0.1) is 0 Å². The molecule has 0 unspecified atom stereocenters. The molecule has 1 saturated carbocycles. The van der Waals surface area contributed by atoms with Gasteiger partial charge in [0.2, 0.25) is 10.0 Å². The second-order valence-corrected chi connectivity index (χ2v) is 7.22. The van der Waals surface area contributed by atoms with Crippen molar-refractivity contribution in [2.24, 2.45) is 0 Å². The van der Waals surface area contributed by atoms with Gasteiger partial charge in [0, 0.05) is 23.4 Å². The number of benzene rings is 2. The Bertz CT molecular complexity index is 896. The molecule has 5 nitrogen and oxygen atoms in total. The number of hydrogen-bond acceptors (Lipinski definition) is 3. The minimum atomic E-state index is -3.68. The van der Waals surface area contributed by atoms with Crippen LogP contribution < -0.4 is 10.0 Å². The van der Waals surface area contributed by atoms with E-state index in [1.54, 1.807) is 0 Å². The molecule has 0 atom stereocenters. The van der Waals surface area contributed by atoms with Gasteiger partial charge in [0.25, 0.3) is 5.91 Å². The number of anilines is 1. The highest BCUT2D eigenvalue weighted by molar-refractivity contribution is 7.89. The van der Waals surface area contributed by atoms with Crippen LogP contribution in [-0.2, 0) is 10.0 Å². The van der Waals surface area contributed by atoms with E-state index in [1.807, 2.05) is 0 Å². The number of hydrogen-bond donors (Lipinski definition) is 2. The number of halogens is 2. The van der Waals surface area contributed by atoms with Crippen molar-refractivity contribution in [1.29, 1.82) is 0 Å². The highest BCUT2D eigenvalue weighted by Crippen LogP contribution is 2.23. The topological polar surface area (TPSA) is 75.3 Å². The van der Waals surface area contributed by atoms with E-state index in [1.165, 1.54) is 30.3 Å². The van der Waals surface area contributed by atoms with Crippen LogP contribution in [0.4, 0.5) is 14.5 Å². The van der Waals surface area contributed by atoms with Crippen LogP contribution in [0.2, 0.25) is 0 Å². The number of sulfonamides is 1. The third kappa shape index (κ3) is 3.77. The van der Waals surface area contributed by atoms with E-state index in [2.05, 4.69) is 10.0 Å². The van der Waals surface area contributed by atoms with Crippen LogP contribution in [0.15, 0.2) is 47.4 Å². The van der Waals surface area contributed by atoms with Crippen molar-refractivity contribution >= 4 is 21.6 Å². The third-order valence-electron chi connectivity index (χ3n) is 3.48. The first kappa shape index (κ1) is 16.5. The van der Waals surface area contributed by atoms with Gasteiger partial charge in [0.05, 0.1) is 4.90 Å². The standard InChI is InChI=1S/C16H14F2N2O3S/c17-14-7-6-12(9-15(14)18)19-16(21)10-2-1-3-13(8-10)24(22,23)20-11-4-5-11/h1-3,6-9,11,20H,4-5H2,(H,19,21). The summed E-state index contributed by atoms with van der Waals surface area (Å²) in [5, 5.41) is 2.40. The van der Waals surface area contributed by atoms with Crippen molar-refractivity contribution in [3.63, 3.8) is 0 Å². The number of nitrogens with one attached hydrogen (secondary N) is 2. The Kier molecular flexibility index (Phi) is 4.33. The maximum Gasteiger partial charge on any atom is 0.255 e. The molecule has 8 heteroatoms. The lowest BCUT2D eigenvalue weighted by Gasteiger charge is -2.09. The molecule has 1 amide bonds. The molecule has 0 radical (unpaired) electrons. The highest BCUT2D eigenvalue weighted by Gasteiger charge is 2.28. The third-order valence-corrected chi connectivity index (χ3v) is 5.00.